The summed E-state index contributed by atoms with van der Waals surface area (Å²) in [5.74, 6) is 0.660. The van der Waals surface area contributed by atoms with Crippen molar-refractivity contribution in [1.29, 1.82) is 0 Å². The predicted octanol–water partition coefficient (Wildman–Crippen LogP) is 3.01. The molecule has 6 heteroatoms. The van der Waals surface area contributed by atoms with Gasteiger partial charge < -0.3 is 15.8 Å². The van der Waals surface area contributed by atoms with Crippen LogP contribution in [0.5, 0.6) is 6.01 Å². The standard InChI is InChI=1S/C14H27N5O/c1-5-6-7-8-9-11(4)16-13-17-12(15)18-14(19-13)20-10(2)3/h10-11H,5-9H2,1-4H3,(H3,15,16,17,18,19). The van der Waals surface area contributed by atoms with Gasteiger partial charge in [-0.25, -0.2) is 0 Å². The van der Waals surface area contributed by atoms with Gasteiger partial charge in [0, 0.05) is 6.04 Å². The third-order valence-corrected chi connectivity index (χ3v) is 2.84. The summed E-state index contributed by atoms with van der Waals surface area (Å²) in [5.41, 5.74) is 5.67. The first-order chi connectivity index (χ1) is 9.51. The molecule has 1 atom stereocenters. The Labute approximate surface area is 121 Å². The highest BCUT2D eigenvalue weighted by Gasteiger charge is 2.09. The van der Waals surface area contributed by atoms with Gasteiger partial charge in [-0.15, -0.1) is 0 Å². The number of nitrogen functional groups attached to an aromatic ring is 1. The molecule has 3 N–H and O–H groups in total. The van der Waals surface area contributed by atoms with Crippen molar-refractivity contribution in [2.75, 3.05) is 11.1 Å². The Bertz CT molecular complexity index is 397. The van der Waals surface area contributed by atoms with E-state index in [0.717, 1.165) is 6.42 Å². The lowest BCUT2D eigenvalue weighted by atomic mass is 10.1. The van der Waals surface area contributed by atoms with Gasteiger partial charge in [0.1, 0.15) is 0 Å². The van der Waals surface area contributed by atoms with Crippen molar-refractivity contribution in [1.82, 2.24) is 15.0 Å². The Morgan fingerprint density at radius 1 is 1.10 bits per heavy atom. The molecule has 1 unspecified atom stereocenters. The van der Waals surface area contributed by atoms with E-state index in [4.69, 9.17) is 10.5 Å². The van der Waals surface area contributed by atoms with Gasteiger partial charge in [0.25, 0.3) is 0 Å². The summed E-state index contributed by atoms with van der Waals surface area (Å²) in [4.78, 5) is 12.3. The fourth-order valence-electron chi connectivity index (χ4n) is 1.87. The second-order valence-corrected chi connectivity index (χ2v) is 5.36. The van der Waals surface area contributed by atoms with Gasteiger partial charge in [0.05, 0.1) is 6.10 Å². The van der Waals surface area contributed by atoms with Crippen molar-refractivity contribution < 1.29 is 4.74 Å². The first-order valence-electron chi connectivity index (χ1n) is 7.46. The zero-order chi connectivity index (χ0) is 15.0. The van der Waals surface area contributed by atoms with E-state index in [1.54, 1.807) is 0 Å². The Kier molecular flexibility index (Phi) is 7.04. The van der Waals surface area contributed by atoms with E-state index >= 15 is 0 Å². The maximum atomic E-state index is 5.67. The largest absolute Gasteiger partial charge is 0.461 e. The molecule has 0 saturated heterocycles. The minimum Gasteiger partial charge on any atom is -0.461 e. The summed E-state index contributed by atoms with van der Waals surface area (Å²) < 4.78 is 5.45. The molecule has 1 rings (SSSR count). The number of nitrogens with zero attached hydrogens (tertiary/aromatic N) is 3. The van der Waals surface area contributed by atoms with Crippen LogP contribution >= 0.6 is 0 Å². The lowest BCUT2D eigenvalue weighted by Gasteiger charge is -2.15. The van der Waals surface area contributed by atoms with Crippen molar-refractivity contribution >= 4 is 11.9 Å². The quantitative estimate of drug-likeness (QED) is 0.677. The van der Waals surface area contributed by atoms with Crippen molar-refractivity contribution in [3.63, 3.8) is 0 Å². The molecule has 0 aliphatic heterocycles. The number of anilines is 2. The highest BCUT2D eigenvalue weighted by atomic mass is 16.5. The van der Waals surface area contributed by atoms with Gasteiger partial charge in [-0.05, 0) is 27.2 Å². The number of ether oxygens (including phenoxy) is 1. The number of hydrogen-bond acceptors (Lipinski definition) is 6. The van der Waals surface area contributed by atoms with Crippen molar-refractivity contribution in [3.05, 3.63) is 0 Å². The Morgan fingerprint density at radius 2 is 1.85 bits per heavy atom. The van der Waals surface area contributed by atoms with E-state index in [1.807, 2.05) is 13.8 Å². The average molecular weight is 281 g/mol. The fourth-order valence-corrected chi connectivity index (χ4v) is 1.87. The third kappa shape index (κ3) is 6.54. The number of hydrogen-bond donors (Lipinski definition) is 2. The minimum absolute atomic E-state index is 0.0103. The topological polar surface area (TPSA) is 86.0 Å². The minimum atomic E-state index is 0.0103. The van der Waals surface area contributed by atoms with E-state index in [9.17, 15) is 0 Å². The van der Waals surface area contributed by atoms with E-state index in [2.05, 4.69) is 34.1 Å². The molecule has 0 saturated carbocycles. The molecule has 0 radical (unpaired) electrons. The van der Waals surface area contributed by atoms with Crippen LogP contribution in [0.2, 0.25) is 0 Å². The highest BCUT2D eigenvalue weighted by Crippen LogP contribution is 2.13. The molecule has 0 spiro atoms. The van der Waals surface area contributed by atoms with E-state index < -0.39 is 0 Å². The van der Waals surface area contributed by atoms with Crippen LogP contribution in [0.4, 0.5) is 11.9 Å². The second kappa shape index (κ2) is 8.55. The molecular formula is C14H27N5O. The smallest absolute Gasteiger partial charge is 0.323 e. The SMILES string of the molecule is CCCCCCC(C)Nc1nc(N)nc(OC(C)C)n1. The second-order valence-electron chi connectivity index (χ2n) is 5.36. The maximum absolute atomic E-state index is 5.67. The van der Waals surface area contributed by atoms with Gasteiger partial charge in [-0.1, -0.05) is 32.6 Å². The van der Waals surface area contributed by atoms with Crippen LogP contribution in [-0.4, -0.2) is 27.1 Å². The van der Waals surface area contributed by atoms with Gasteiger partial charge in [-0.3, -0.25) is 0 Å². The van der Waals surface area contributed by atoms with Gasteiger partial charge in [-0.2, -0.15) is 15.0 Å². The zero-order valence-corrected chi connectivity index (χ0v) is 13.0. The zero-order valence-electron chi connectivity index (χ0n) is 13.0. The summed E-state index contributed by atoms with van der Waals surface area (Å²) >= 11 is 0. The van der Waals surface area contributed by atoms with E-state index in [0.29, 0.717) is 12.0 Å². The van der Waals surface area contributed by atoms with Gasteiger partial charge in [0.2, 0.25) is 11.9 Å². The van der Waals surface area contributed by atoms with Crippen molar-refractivity contribution in [3.8, 4) is 6.01 Å². The predicted molar refractivity (Wildman–Crippen MR) is 81.8 cm³/mol. The van der Waals surface area contributed by atoms with Crippen LogP contribution in [-0.2, 0) is 0 Å². The van der Waals surface area contributed by atoms with Crippen LogP contribution in [0, 0.1) is 0 Å². The number of unbranched alkanes of at least 4 members (excludes halogenated alkanes) is 3. The number of nitrogens with one attached hydrogen (secondary N) is 1. The number of aromatic nitrogens is 3. The lowest BCUT2D eigenvalue weighted by Crippen LogP contribution is -2.19. The van der Waals surface area contributed by atoms with Gasteiger partial charge in [0.15, 0.2) is 0 Å². The van der Waals surface area contributed by atoms with Gasteiger partial charge >= 0.3 is 6.01 Å². The summed E-state index contributed by atoms with van der Waals surface area (Å²) in [7, 11) is 0. The van der Waals surface area contributed by atoms with Crippen LogP contribution in [0.25, 0.3) is 0 Å². The van der Waals surface area contributed by atoms with Crippen molar-refractivity contribution in [2.45, 2.75) is 71.9 Å². The van der Waals surface area contributed by atoms with E-state index in [-0.39, 0.29) is 18.1 Å². The maximum Gasteiger partial charge on any atom is 0.323 e. The van der Waals surface area contributed by atoms with Crippen LogP contribution in [0.3, 0.4) is 0 Å². The summed E-state index contributed by atoms with van der Waals surface area (Å²) in [5, 5.41) is 3.25. The average Bonchev–Trinajstić information content (AvgIpc) is 2.33. The third-order valence-electron chi connectivity index (χ3n) is 2.84. The lowest BCUT2D eigenvalue weighted by molar-refractivity contribution is 0.222. The number of rotatable bonds is 9. The fraction of sp³-hybridized carbons (Fsp3) is 0.786. The molecule has 1 heterocycles. The Balaban J connectivity index is 2.51. The summed E-state index contributed by atoms with van der Waals surface area (Å²) in [6, 6.07) is 0.578. The first kappa shape index (κ1) is 16.5. The molecule has 20 heavy (non-hydrogen) atoms. The molecule has 6 nitrogen and oxygen atoms in total. The van der Waals surface area contributed by atoms with Crippen molar-refractivity contribution in [2.24, 2.45) is 0 Å². The molecule has 0 bridgehead atoms. The molecule has 0 amide bonds. The molecule has 0 aliphatic carbocycles. The molecule has 0 aliphatic rings. The molecule has 0 fully saturated rings. The molecule has 0 aromatic carbocycles. The Morgan fingerprint density at radius 3 is 2.50 bits per heavy atom. The van der Waals surface area contributed by atoms with Crippen LogP contribution in [0.15, 0.2) is 0 Å². The first-order valence-corrected chi connectivity index (χ1v) is 7.46. The molecular weight excluding hydrogens is 254 g/mol. The molecule has 1 aromatic heterocycles. The highest BCUT2D eigenvalue weighted by molar-refractivity contribution is 5.33. The monoisotopic (exact) mass is 281 g/mol. The molecule has 114 valence electrons. The summed E-state index contributed by atoms with van der Waals surface area (Å²) in [6.45, 7) is 8.17. The summed E-state index contributed by atoms with van der Waals surface area (Å²) in [6.07, 6.45) is 6.11. The van der Waals surface area contributed by atoms with E-state index in [1.165, 1.54) is 25.7 Å². The van der Waals surface area contributed by atoms with Crippen LogP contribution < -0.4 is 15.8 Å². The normalized spacial score (nSPS) is 12.4. The van der Waals surface area contributed by atoms with Crippen LogP contribution in [0.1, 0.15) is 59.8 Å². The number of nitrogens with two attached hydrogens (primary N) is 1. The molecule has 1 aromatic rings. The Hall–Kier alpha value is -1.59.